The predicted octanol–water partition coefficient (Wildman–Crippen LogP) is 3.07. The van der Waals surface area contributed by atoms with Crippen molar-refractivity contribution in [3.05, 3.63) is 83.8 Å². The quantitative estimate of drug-likeness (QED) is 0.644. The Hall–Kier alpha value is -3.41. The van der Waals surface area contributed by atoms with Gasteiger partial charge in [-0.25, -0.2) is 4.98 Å². The second-order valence-electron chi connectivity index (χ2n) is 6.00. The topological polar surface area (TPSA) is 76.1 Å². The van der Waals surface area contributed by atoms with Gasteiger partial charge in [0.05, 0.1) is 7.11 Å². The summed E-state index contributed by atoms with van der Waals surface area (Å²) in [6, 6.07) is 15.2. The van der Waals surface area contributed by atoms with Gasteiger partial charge in [-0.05, 0) is 47.9 Å². The van der Waals surface area contributed by atoms with Crippen molar-refractivity contribution in [2.75, 3.05) is 19.0 Å². The summed E-state index contributed by atoms with van der Waals surface area (Å²) in [5, 5.41) is 6.15. The predicted molar refractivity (Wildman–Crippen MR) is 105 cm³/mol. The third kappa shape index (κ3) is 5.54. The molecule has 0 saturated heterocycles. The molecule has 0 unspecified atom stereocenters. The number of carbonyl (C=O) groups excluding carboxylic acids is 1. The maximum atomic E-state index is 12.3. The van der Waals surface area contributed by atoms with Crippen molar-refractivity contribution in [2.45, 2.75) is 13.0 Å². The standard InChI is InChI=1S/C21H22N4O2/c1-27-19-6-2-4-16(12-19)7-10-23-20-13-18(8-11-24-20)21(26)25-15-17-5-3-9-22-14-17/h2-6,8-9,11-14H,7,10,15H2,1H3,(H,23,24)(H,25,26). The second-order valence-corrected chi connectivity index (χ2v) is 6.00. The highest BCUT2D eigenvalue weighted by Crippen LogP contribution is 2.13. The maximum absolute atomic E-state index is 12.3. The summed E-state index contributed by atoms with van der Waals surface area (Å²) in [4.78, 5) is 20.7. The Morgan fingerprint density at radius 2 is 1.96 bits per heavy atom. The summed E-state index contributed by atoms with van der Waals surface area (Å²) in [6.45, 7) is 1.15. The number of nitrogens with one attached hydrogen (secondary N) is 2. The molecule has 1 amide bonds. The van der Waals surface area contributed by atoms with Gasteiger partial charge in [0.15, 0.2) is 0 Å². The van der Waals surface area contributed by atoms with Crippen LogP contribution in [0, 0.1) is 0 Å². The third-order valence-corrected chi connectivity index (χ3v) is 4.05. The minimum Gasteiger partial charge on any atom is -0.497 e. The first-order chi connectivity index (χ1) is 13.2. The first-order valence-electron chi connectivity index (χ1n) is 8.74. The molecule has 6 heteroatoms. The molecule has 0 bridgehead atoms. The number of benzene rings is 1. The zero-order valence-corrected chi connectivity index (χ0v) is 15.2. The minimum atomic E-state index is -0.142. The molecule has 2 N–H and O–H groups in total. The molecule has 2 heterocycles. The van der Waals surface area contributed by atoms with E-state index in [0.29, 0.717) is 24.5 Å². The number of hydrogen-bond donors (Lipinski definition) is 2. The summed E-state index contributed by atoms with van der Waals surface area (Å²) in [7, 11) is 1.66. The van der Waals surface area contributed by atoms with Crippen LogP contribution in [-0.4, -0.2) is 29.5 Å². The highest BCUT2D eigenvalue weighted by molar-refractivity contribution is 5.94. The second kappa shape index (κ2) is 9.33. The van der Waals surface area contributed by atoms with Gasteiger partial charge in [-0.1, -0.05) is 18.2 Å². The molecular formula is C21H22N4O2. The van der Waals surface area contributed by atoms with Crippen molar-refractivity contribution >= 4 is 11.7 Å². The lowest BCUT2D eigenvalue weighted by Gasteiger charge is -2.09. The Labute approximate surface area is 158 Å². The lowest BCUT2D eigenvalue weighted by Crippen LogP contribution is -2.23. The molecular weight excluding hydrogens is 340 g/mol. The zero-order chi connectivity index (χ0) is 18.9. The Kier molecular flexibility index (Phi) is 6.35. The van der Waals surface area contributed by atoms with E-state index in [1.54, 1.807) is 37.8 Å². The van der Waals surface area contributed by atoms with Gasteiger partial charge in [-0.15, -0.1) is 0 Å². The molecule has 0 atom stereocenters. The maximum Gasteiger partial charge on any atom is 0.251 e. The Balaban J connectivity index is 1.52. The number of anilines is 1. The van der Waals surface area contributed by atoms with Gasteiger partial charge in [0.25, 0.3) is 5.91 Å². The fraction of sp³-hybridized carbons (Fsp3) is 0.190. The molecule has 3 aromatic rings. The van der Waals surface area contributed by atoms with E-state index >= 15 is 0 Å². The fourth-order valence-corrected chi connectivity index (χ4v) is 2.62. The average Bonchev–Trinajstić information content (AvgIpc) is 2.73. The SMILES string of the molecule is COc1cccc(CCNc2cc(C(=O)NCc3cccnc3)ccn2)c1. The van der Waals surface area contributed by atoms with Crippen molar-refractivity contribution in [3.63, 3.8) is 0 Å². The molecule has 27 heavy (non-hydrogen) atoms. The normalized spacial score (nSPS) is 10.3. The van der Waals surface area contributed by atoms with Gasteiger partial charge >= 0.3 is 0 Å². The molecule has 0 saturated carbocycles. The van der Waals surface area contributed by atoms with Crippen LogP contribution in [0.5, 0.6) is 5.75 Å². The van der Waals surface area contributed by atoms with Crippen LogP contribution in [0.4, 0.5) is 5.82 Å². The summed E-state index contributed by atoms with van der Waals surface area (Å²) in [5.74, 6) is 1.38. The molecule has 0 aliphatic rings. The van der Waals surface area contributed by atoms with Gasteiger partial charge in [0.2, 0.25) is 0 Å². The molecule has 0 fully saturated rings. The van der Waals surface area contributed by atoms with Crippen LogP contribution in [0.2, 0.25) is 0 Å². The molecule has 6 nitrogen and oxygen atoms in total. The minimum absolute atomic E-state index is 0.142. The smallest absolute Gasteiger partial charge is 0.251 e. The average molecular weight is 362 g/mol. The number of aromatic nitrogens is 2. The molecule has 0 aliphatic heterocycles. The van der Waals surface area contributed by atoms with Gasteiger partial charge in [0, 0.05) is 37.2 Å². The van der Waals surface area contributed by atoms with Crippen molar-refractivity contribution < 1.29 is 9.53 Å². The molecule has 2 aromatic heterocycles. The molecule has 0 aliphatic carbocycles. The number of methoxy groups -OCH3 is 1. The summed E-state index contributed by atoms with van der Waals surface area (Å²) >= 11 is 0. The van der Waals surface area contributed by atoms with Crippen LogP contribution in [0.1, 0.15) is 21.5 Å². The molecule has 1 aromatic carbocycles. The van der Waals surface area contributed by atoms with Crippen LogP contribution in [0.25, 0.3) is 0 Å². The first kappa shape index (κ1) is 18.4. The number of pyridine rings is 2. The Bertz CT molecular complexity index is 884. The number of nitrogens with zero attached hydrogens (tertiary/aromatic N) is 2. The first-order valence-corrected chi connectivity index (χ1v) is 8.74. The van der Waals surface area contributed by atoms with E-state index in [1.807, 2.05) is 30.3 Å². The molecule has 0 spiro atoms. The Morgan fingerprint density at radius 3 is 2.78 bits per heavy atom. The number of amides is 1. The van der Waals surface area contributed by atoms with Crippen LogP contribution in [-0.2, 0) is 13.0 Å². The highest BCUT2D eigenvalue weighted by Gasteiger charge is 2.07. The largest absolute Gasteiger partial charge is 0.497 e. The van der Waals surface area contributed by atoms with Crippen LogP contribution in [0.3, 0.4) is 0 Å². The van der Waals surface area contributed by atoms with E-state index in [2.05, 4.69) is 26.7 Å². The summed E-state index contributed by atoms with van der Waals surface area (Å²) in [5.41, 5.74) is 2.70. The lowest BCUT2D eigenvalue weighted by molar-refractivity contribution is 0.0951. The van der Waals surface area contributed by atoms with Gasteiger partial charge < -0.3 is 15.4 Å². The number of ether oxygens (including phenoxy) is 1. The van der Waals surface area contributed by atoms with E-state index in [-0.39, 0.29) is 5.91 Å². The van der Waals surface area contributed by atoms with E-state index in [1.165, 1.54) is 5.56 Å². The van der Waals surface area contributed by atoms with E-state index in [0.717, 1.165) is 17.7 Å². The van der Waals surface area contributed by atoms with Gasteiger partial charge in [0.1, 0.15) is 11.6 Å². The van der Waals surface area contributed by atoms with Crippen LogP contribution < -0.4 is 15.4 Å². The lowest BCUT2D eigenvalue weighted by atomic mass is 10.1. The van der Waals surface area contributed by atoms with Crippen LogP contribution >= 0.6 is 0 Å². The molecule has 3 rings (SSSR count). The van der Waals surface area contributed by atoms with Crippen molar-refractivity contribution in [1.82, 2.24) is 15.3 Å². The fourth-order valence-electron chi connectivity index (χ4n) is 2.62. The van der Waals surface area contributed by atoms with Crippen molar-refractivity contribution in [3.8, 4) is 5.75 Å². The number of hydrogen-bond acceptors (Lipinski definition) is 5. The van der Waals surface area contributed by atoms with E-state index < -0.39 is 0 Å². The summed E-state index contributed by atoms with van der Waals surface area (Å²) < 4.78 is 5.24. The van der Waals surface area contributed by atoms with E-state index in [4.69, 9.17) is 4.74 Å². The molecule has 0 radical (unpaired) electrons. The zero-order valence-electron chi connectivity index (χ0n) is 15.2. The number of carbonyl (C=O) groups is 1. The van der Waals surface area contributed by atoms with Crippen molar-refractivity contribution in [1.29, 1.82) is 0 Å². The molecule has 138 valence electrons. The van der Waals surface area contributed by atoms with Crippen molar-refractivity contribution in [2.24, 2.45) is 0 Å². The number of rotatable bonds is 8. The van der Waals surface area contributed by atoms with Crippen LogP contribution in [0.15, 0.2) is 67.1 Å². The van der Waals surface area contributed by atoms with Gasteiger partial charge in [-0.2, -0.15) is 0 Å². The van der Waals surface area contributed by atoms with E-state index in [9.17, 15) is 4.79 Å². The monoisotopic (exact) mass is 362 g/mol. The third-order valence-electron chi connectivity index (χ3n) is 4.05. The van der Waals surface area contributed by atoms with Gasteiger partial charge in [-0.3, -0.25) is 9.78 Å². The summed E-state index contributed by atoms with van der Waals surface area (Å²) in [6.07, 6.45) is 5.90. The highest BCUT2D eigenvalue weighted by atomic mass is 16.5. The Morgan fingerprint density at radius 1 is 1.07 bits per heavy atom.